The Labute approximate surface area is 140 Å². The number of nitriles is 1. The molecule has 0 aliphatic carbocycles. The molecule has 2 aromatic rings. The Balaban J connectivity index is 1.86. The second-order valence-corrected chi connectivity index (χ2v) is 4.90. The van der Waals surface area contributed by atoms with Crippen molar-refractivity contribution < 1.29 is 9.53 Å². The third-order valence-electron chi connectivity index (χ3n) is 3.23. The molecule has 1 heterocycles. The molecule has 1 aromatic heterocycles. The largest absolute Gasteiger partial charge is 0.497 e. The topological polar surface area (TPSA) is 87.0 Å². The van der Waals surface area contributed by atoms with Crippen molar-refractivity contribution in [1.82, 2.24) is 15.6 Å². The van der Waals surface area contributed by atoms with Gasteiger partial charge in [-0.25, -0.2) is 0 Å². The fourth-order valence-corrected chi connectivity index (χ4v) is 1.93. The summed E-state index contributed by atoms with van der Waals surface area (Å²) < 4.78 is 5.08. The predicted molar refractivity (Wildman–Crippen MR) is 89.6 cm³/mol. The lowest BCUT2D eigenvalue weighted by atomic mass is 10.2. The Morgan fingerprint density at radius 2 is 2.04 bits per heavy atom. The van der Waals surface area contributed by atoms with Crippen LogP contribution in [0, 0.1) is 11.3 Å². The summed E-state index contributed by atoms with van der Waals surface area (Å²) >= 11 is 0. The first-order chi connectivity index (χ1) is 11.7. The lowest BCUT2D eigenvalue weighted by Gasteiger charge is -2.06. The molecule has 24 heavy (non-hydrogen) atoms. The number of methoxy groups -OCH3 is 1. The van der Waals surface area contributed by atoms with E-state index in [9.17, 15) is 4.79 Å². The highest BCUT2D eigenvalue weighted by atomic mass is 16.5. The van der Waals surface area contributed by atoms with Gasteiger partial charge in [0.2, 0.25) is 0 Å². The molecule has 0 radical (unpaired) electrons. The number of ether oxygens (including phenoxy) is 1. The van der Waals surface area contributed by atoms with Crippen molar-refractivity contribution in [3.8, 4) is 11.8 Å². The van der Waals surface area contributed by atoms with Crippen LogP contribution in [0.2, 0.25) is 0 Å². The normalized spacial score (nSPS) is 10.6. The van der Waals surface area contributed by atoms with Crippen LogP contribution in [0.5, 0.6) is 5.75 Å². The third-order valence-corrected chi connectivity index (χ3v) is 3.23. The minimum absolute atomic E-state index is 0.0134. The number of nitrogens with one attached hydrogen (secondary N) is 2. The van der Waals surface area contributed by atoms with Crippen LogP contribution in [0.25, 0.3) is 0 Å². The number of benzene rings is 1. The van der Waals surface area contributed by atoms with E-state index in [-0.39, 0.29) is 5.57 Å². The SMILES string of the molecule is COc1ccc(CNC(=O)/C(C#N)=C\NCc2ccccn2)cc1. The standard InChI is InChI=1S/C18H18N4O2/c1-24-17-7-5-14(6-8-17)11-22-18(23)15(10-19)12-20-13-16-4-2-3-9-21-16/h2-9,12,20H,11,13H2,1H3,(H,22,23)/b15-12-. The summed E-state index contributed by atoms with van der Waals surface area (Å²) in [4.78, 5) is 16.2. The molecule has 0 saturated heterocycles. The maximum Gasteiger partial charge on any atom is 0.263 e. The summed E-state index contributed by atoms with van der Waals surface area (Å²) in [6.45, 7) is 0.778. The Morgan fingerprint density at radius 3 is 2.67 bits per heavy atom. The molecule has 0 aliphatic rings. The van der Waals surface area contributed by atoms with Gasteiger partial charge in [0.1, 0.15) is 17.4 Å². The fraction of sp³-hybridized carbons (Fsp3) is 0.167. The van der Waals surface area contributed by atoms with E-state index in [0.717, 1.165) is 17.0 Å². The molecule has 0 spiro atoms. The van der Waals surface area contributed by atoms with Crippen LogP contribution in [0.4, 0.5) is 0 Å². The van der Waals surface area contributed by atoms with E-state index in [1.165, 1.54) is 6.20 Å². The lowest BCUT2D eigenvalue weighted by molar-refractivity contribution is -0.117. The second-order valence-electron chi connectivity index (χ2n) is 4.90. The monoisotopic (exact) mass is 322 g/mol. The van der Waals surface area contributed by atoms with Gasteiger partial charge in [0.15, 0.2) is 0 Å². The van der Waals surface area contributed by atoms with Crippen LogP contribution in [0.3, 0.4) is 0 Å². The third kappa shape index (κ3) is 5.14. The highest BCUT2D eigenvalue weighted by molar-refractivity contribution is 5.97. The first-order valence-corrected chi connectivity index (χ1v) is 7.37. The van der Waals surface area contributed by atoms with E-state index in [1.54, 1.807) is 13.3 Å². The van der Waals surface area contributed by atoms with Crippen molar-refractivity contribution in [2.24, 2.45) is 0 Å². The van der Waals surface area contributed by atoms with E-state index in [2.05, 4.69) is 15.6 Å². The van der Waals surface area contributed by atoms with Gasteiger partial charge in [0, 0.05) is 18.9 Å². The molecule has 0 saturated carbocycles. The number of carbonyl (C=O) groups is 1. The van der Waals surface area contributed by atoms with Crippen LogP contribution in [0.15, 0.2) is 60.4 Å². The maximum atomic E-state index is 12.0. The van der Waals surface area contributed by atoms with E-state index in [4.69, 9.17) is 10.00 Å². The van der Waals surface area contributed by atoms with Gasteiger partial charge in [-0.15, -0.1) is 0 Å². The van der Waals surface area contributed by atoms with Crippen molar-refractivity contribution in [2.45, 2.75) is 13.1 Å². The highest BCUT2D eigenvalue weighted by Gasteiger charge is 2.08. The van der Waals surface area contributed by atoms with E-state index in [0.29, 0.717) is 13.1 Å². The summed E-state index contributed by atoms with van der Waals surface area (Å²) in [6, 6.07) is 14.8. The number of hydrogen-bond acceptors (Lipinski definition) is 5. The quantitative estimate of drug-likeness (QED) is 0.600. The van der Waals surface area contributed by atoms with Crippen molar-refractivity contribution in [2.75, 3.05) is 7.11 Å². The first-order valence-electron chi connectivity index (χ1n) is 7.37. The highest BCUT2D eigenvalue weighted by Crippen LogP contribution is 2.11. The number of rotatable bonds is 7. The van der Waals surface area contributed by atoms with Crippen molar-refractivity contribution in [3.05, 3.63) is 71.7 Å². The molecular weight excluding hydrogens is 304 g/mol. The molecule has 0 aliphatic heterocycles. The number of aromatic nitrogens is 1. The van der Waals surface area contributed by atoms with Crippen LogP contribution in [-0.4, -0.2) is 18.0 Å². The molecule has 6 nitrogen and oxygen atoms in total. The zero-order chi connectivity index (χ0) is 17.2. The minimum Gasteiger partial charge on any atom is -0.497 e. The number of pyridine rings is 1. The first kappa shape index (κ1) is 17.0. The van der Waals surface area contributed by atoms with Gasteiger partial charge in [0.05, 0.1) is 19.3 Å². The van der Waals surface area contributed by atoms with Crippen molar-refractivity contribution in [3.63, 3.8) is 0 Å². The van der Waals surface area contributed by atoms with Gasteiger partial charge >= 0.3 is 0 Å². The van der Waals surface area contributed by atoms with Gasteiger partial charge in [0.25, 0.3) is 5.91 Å². The van der Waals surface area contributed by atoms with Crippen LogP contribution in [-0.2, 0) is 17.9 Å². The molecule has 2 N–H and O–H groups in total. The molecule has 0 unspecified atom stereocenters. The van der Waals surface area contributed by atoms with E-state index < -0.39 is 5.91 Å². The van der Waals surface area contributed by atoms with E-state index in [1.807, 2.05) is 48.5 Å². The van der Waals surface area contributed by atoms with E-state index >= 15 is 0 Å². The summed E-state index contributed by atoms with van der Waals surface area (Å²) in [5.74, 6) is 0.322. The summed E-state index contributed by atoms with van der Waals surface area (Å²) in [5.41, 5.74) is 1.76. The number of nitrogens with zero attached hydrogens (tertiary/aromatic N) is 2. The molecule has 0 bridgehead atoms. The Morgan fingerprint density at radius 1 is 1.25 bits per heavy atom. The van der Waals surface area contributed by atoms with Gasteiger partial charge in [-0.1, -0.05) is 18.2 Å². The molecule has 122 valence electrons. The van der Waals surface area contributed by atoms with Crippen LogP contribution < -0.4 is 15.4 Å². The summed E-state index contributed by atoms with van der Waals surface area (Å²) in [5, 5.41) is 14.7. The Kier molecular flexibility index (Phi) is 6.35. The number of hydrogen-bond donors (Lipinski definition) is 2. The molecule has 1 aromatic carbocycles. The summed E-state index contributed by atoms with van der Waals surface area (Å²) in [7, 11) is 1.60. The van der Waals surface area contributed by atoms with Gasteiger partial charge in [-0.05, 0) is 29.8 Å². The van der Waals surface area contributed by atoms with Crippen LogP contribution >= 0.6 is 0 Å². The summed E-state index contributed by atoms with van der Waals surface area (Å²) in [6.07, 6.45) is 3.09. The maximum absolute atomic E-state index is 12.0. The second kappa shape index (κ2) is 8.96. The van der Waals surface area contributed by atoms with Gasteiger partial charge in [-0.3, -0.25) is 9.78 Å². The zero-order valence-corrected chi connectivity index (χ0v) is 13.3. The zero-order valence-electron chi connectivity index (χ0n) is 13.3. The average molecular weight is 322 g/mol. The average Bonchev–Trinajstić information content (AvgIpc) is 2.64. The molecule has 0 atom stereocenters. The molecule has 2 rings (SSSR count). The van der Waals surface area contributed by atoms with Gasteiger partial charge < -0.3 is 15.4 Å². The lowest BCUT2D eigenvalue weighted by Crippen LogP contribution is -2.25. The smallest absolute Gasteiger partial charge is 0.263 e. The minimum atomic E-state index is -0.429. The predicted octanol–water partition coefficient (Wildman–Crippen LogP) is 1.90. The molecular formula is C18H18N4O2. The van der Waals surface area contributed by atoms with Gasteiger partial charge in [-0.2, -0.15) is 5.26 Å². The molecule has 6 heteroatoms. The number of amides is 1. The Hall–Kier alpha value is -3.33. The van der Waals surface area contributed by atoms with Crippen molar-refractivity contribution >= 4 is 5.91 Å². The fourth-order valence-electron chi connectivity index (χ4n) is 1.93. The molecule has 0 fully saturated rings. The Bertz CT molecular complexity index is 734. The number of carbonyl (C=O) groups excluding carboxylic acids is 1. The van der Waals surface area contributed by atoms with Crippen molar-refractivity contribution in [1.29, 1.82) is 5.26 Å². The molecule has 1 amide bonds. The van der Waals surface area contributed by atoms with Crippen LogP contribution in [0.1, 0.15) is 11.3 Å².